The van der Waals surface area contributed by atoms with Crippen LogP contribution in [0, 0.1) is 0 Å². The van der Waals surface area contributed by atoms with E-state index in [4.69, 9.17) is 9.47 Å². The molecule has 0 saturated carbocycles. The average molecular weight is 349 g/mol. The van der Waals surface area contributed by atoms with E-state index in [1.165, 1.54) is 0 Å². The van der Waals surface area contributed by atoms with Crippen LogP contribution in [0.5, 0.6) is 11.5 Å². The second-order valence-electron chi connectivity index (χ2n) is 5.73. The van der Waals surface area contributed by atoms with Gasteiger partial charge in [0, 0.05) is 6.54 Å². The number of ether oxygens (including phenoxy) is 2. The van der Waals surface area contributed by atoms with Gasteiger partial charge >= 0.3 is 0 Å². The van der Waals surface area contributed by atoms with Gasteiger partial charge in [-0.25, -0.2) is 13.1 Å². The molecule has 6 heteroatoms. The second-order valence-corrected chi connectivity index (χ2v) is 7.50. The first kappa shape index (κ1) is 18.3. The molecule has 0 amide bonds. The molecule has 0 aliphatic rings. The van der Waals surface area contributed by atoms with Crippen LogP contribution in [0.2, 0.25) is 0 Å². The first-order chi connectivity index (χ1) is 11.4. The Morgan fingerprint density at radius 2 is 1.67 bits per heavy atom. The summed E-state index contributed by atoms with van der Waals surface area (Å²) in [5.74, 6) is 1.59. The predicted octanol–water partition coefficient (Wildman–Crippen LogP) is 3.31. The number of methoxy groups -OCH3 is 2. The zero-order chi connectivity index (χ0) is 17.7. The molecule has 130 valence electrons. The Hall–Kier alpha value is -2.05. The third-order valence-corrected chi connectivity index (χ3v) is 5.16. The fourth-order valence-corrected chi connectivity index (χ4v) is 3.39. The lowest BCUT2D eigenvalue weighted by Gasteiger charge is -2.14. The monoisotopic (exact) mass is 349 g/mol. The molecule has 0 atom stereocenters. The molecule has 0 aromatic heterocycles. The molecule has 0 unspecified atom stereocenters. The van der Waals surface area contributed by atoms with Crippen LogP contribution in [-0.4, -0.2) is 22.6 Å². The van der Waals surface area contributed by atoms with Crippen molar-refractivity contribution in [1.29, 1.82) is 0 Å². The van der Waals surface area contributed by atoms with Gasteiger partial charge in [-0.2, -0.15) is 0 Å². The molecule has 0 spiro atoms. The van der Waals surface area contributed by atoms with E-state index < -0.39 is 10.0 Å². The highest BCUT2D eigenvalue weighted by atomic mass is 32.2. The van der Waals surface area contributed by atoms with Crippen molar-refractivity contribution in [3.63, 3.8) is 0 Å². The summed E-state index contributed by atoms with van der Waals surface area (Å²) < 4.78 is 38.1. The largest absolute Gasteiger partial charge is 0.497 e. The van der Waals surface area contributed by atoms with Gasteiger partial charge in [0.1, 0.15) is 11.5 Å². The van der Waals surface area contributed by atoms with Gasteiger partial charge in [0.25, 0.3) is 0 Å². The van der Waals surface area contributed by atoms with Crippen LogP contribution >= 0.6 is 0 Å². The van der Waals surface area contributed by atoms with Crippen LogP contribution in [-0.2, 0) is 16.6 Å². The molecule has 0 aliphatic carbocycles. The Balaban J connectivity index is 2.18. The molecule has 1 N–H and O–H groups in total. The lowest BCUT2D eigenvalue weighted by molar-refractivity contribution is 0.407. The van der Waals surface area contributed by atoms with Gasteiger partial charge in [-0.15, -0.1) is 0 Å². The van der Waals surface area contributed by atoms with Crippen LogP contribution < -0.4 is 14.2 Å². The van der Waals surface area contributed by atoms with Crippen molar-refractivity contribution in [3.8, 4) is 11.5 Å². The van der Waals surface area contributed by atoms with E-state index in [0.717, 1.165) is 16.9 Å². The predicted molar refractivity (Wildman–Crippen MR) is 94.1 cm³/mol. The highest BCUT2D eigenvalue weighted by Crippen LogP contribution is 2.28. The van der Waals surface area contributed by atoms with E-state index >= 15 is 0 Å². The van der Waals surface area contributed by atoms with E-state index in [9.17, 15) is 8.42 Å². The van der Waals surface area contributed by atoms with Gasteiger partial charge in [0.05, 0.1) is 19.1 Å². The van der Waals surface area contributed by atoms with Gasteiger partial charge in [0.15, 0.2) is 0 Å². The molecular weight excluding hydrogens is 326 g/mol. The quantitative estimate of drug-likeness (QED) is 0.833. The molecule has 0 bridgehead atoms. The Morgan fingerprint density at radius 1 is 1.00 bits per heavy atom. The Kier molecular flexibility index (Phi) is 5.85. The van der Waals surface area contributed by atoms with Gasteiger partial charge in [0.2, 0.25) is 10.0 Å². The van der Waals surface area contributed by atoms with Crippen LogP contribution in [0.15, 0.2) is 47.4 Å². The standard InChI is InChI=1S/C18H23NO4S/c1-13(2)17-11-16(9-10-18(17)23-4)24(20,21)19-12-14-5-7-15(22-3)8-6-14/h5-11,13,19H,12H2,1-4H3. The van der Waals surface area contributed by atoms with Gasteiger partial charge in [-0.05, 0) is 47.4 Å². The maximum Gasteiger partial charge on any atom is 0.240 e. The Morgan fingerprint density at radius 3 is 2.21 bits per heavy atom. The minimum Gasteiger partial charge on any atom is -0.497 e. The zero-order valence-corrected chi connectivity index (χ0v) is 15.2. The summed E-state index contributed by atoms with van der Waals surface area (Å²) in [6, 6.07) is 12.2. The highest BCUT2D eigenvalue weighted by Gasteiger charge is 2.17. The molecule has 0 fully saturated rings. The van der Waals surface area contributed by atoms with Crippen LogP contribution in [0.1, 0.15) is 30.9 Å². The number of nitrogens with one attached hydrogen (secondary N) is 1. The van der Waals surface area contributed by atoms with Gasteiger partial charge in [-0.1, -0.05) is 26.0 Å². The highest BCUT2D eigenvalue weighted by molar-refractivity contribution is 7.89. The fraction of sp³-hybridized carbons (Fsp3) is 0.333. The molecule has 0 saturated heterocycles. The lowest BCUT2D eigenvalue weighted by Crippen LogP contribution is -2.23. The van der Waals surface area contributed by atoms with Crippen LogP contribution in [0.4, 0.5) is 0 Å². The number of sulfonamides is 1. The molecule has 2 rings (SSSR count). The third-order valence-electron chi connectivity index (χ3n) is 3.76. The number of hydrogen-bond acceptors (Lipinski definition) is 4. The lowest BCUT2D eigenvalue weighted by atomic mass is 10.0. The average Bonchev–Trinajstić information content (AvgIpc) is 2.59. The normalized spacial score (nSPS) is 11.5. The van der Waals surface area contributed by atoms with E-state index in [-0.39, 0.29) is 17.4 Å². The summed E-state index contributed by atoms with van der Waals surface area (Å²) in [4.78, 5) is 0.237. The first-order valence-electron chi connectivity index (χ1n) is 7.68. The summed E-state index contributed by atoms with van der Waals surface area (Å²) in [6.45, 7) is 4.22. The maximum atomic E-state index is 12.5. The first-order valence-corrected chi connectivity index (χ1v) is 9.16. The van der Waals surface area contributed by atoms with E-state index in [2.05, 4.69) is 4.72 Å². The molecule has 24 heavy (non-hydrogen) atoms. The van der Waals surface area contributed by atoms with E-state index in [0.29, 0.717) is 5.75 Å². The number of hydrogen-bond donors (Lipinski definition) is 1. The molecule has 0 aliphatic heterocycles. The van der Waals surface area contributed by atoms with Crippen molar-refractivity contribution < 1.29 is 17.9 Å². The molecular formula is C18H23NO4S. The minimum atomic E-state index is -3.59. The third kappa shape index (κ3) is 4.27. The SMILES string of the molecule is COc1ccc(CNS(=O)(=O)c2ccc(OC)c(C(C)C)c2)cc1. The smallest absolute Gasteiger partial charge is 0.240 e. The maximum absolute atomic E-state index is 12.5. The Bertz CT molecular complexity index is 783. The molecule has 0 radical (unpaired) electrons. The Labute approximate surface area is 143 Å². The topological polar surface area (TPSA) is 64.6 Å². The van der Waals surface area contributed by atoms with Crippen molar-refractivity contribution in [2.24, 2.45) is 0 Å². The summed E-state index contributed by atoms with van der Waals surface area (Å²) in [5, 5.41) is 0. The summed E-state index contributed by atoms with van der Waals surface area (Å²) in [5.41, 5.74) is 1.72. The zero-order valence-electron chi connectivity index (χ0n) is 14.4. The summed E-state index contributed by atoms with van der Waals surface area (Å²) >= 11 is 0. The van der Waals surface area contributed by atoms with E-state index in [1.807, 2.05) is 26.0 Å². The molecule has 2 aromatic rings. The van der Waals surface area contributed by atoms with Crippen molar-refractivity contribution in [2.45, 2.75) is 31.2 Å². The van der Waals surface area contributed by atoms with Crippen molar-refractivity contribution >= 4 is 10.0 Å². The number of rotatable bonds is 7. The summed E-state index contributed by atoms with van der Waals surface area (Å²) in [7, 11) is -0.420. The minimum absolute atomic E-state index is 0.164. The second kappa shape index (κ2) is 7.68. The van der Waals surface area contributed by atoms with Crippen LogP contribution in [0.3, 0.4) is 0 Å². The van der Waals surface area contributed by atoms with Gasteiger partial charge in [-0.3, -0.25) is 0 Å². The van der Waals surface area contributed by atoms with Crippen LogP contribution in [0.25, 0.3) is 0 Å². The fourth-order valence-electron chi connectivity index (χ4n) is 2.34. The summed E-state index contributed by atoms with van der Waals surface area (Å²) in [6.07, 6.45) is 0. The van der Waals surface area contributed by atoms with Crippen molar-refractivity contribution in [1.82, 2.24) is 4.72 Å². The molecule has 5 nitrogen and oxygen atoms in total. The van der Waals surface area contributed by atoms with E-state index in [1.54, 1.807) is 44.6 Å². The molecule has 2 aromatic carbocycles. The van der Waals surface area contributed by atoms with Gasteiger partial charge < -0.3 is 9.47 Å². The van der Waals surface area contributed by atoms with Crippen molar-refractivity contribution in [3.05, 3.63) is 53.6 Å². The number of benzene rings is 2. The molecule has 0 heterocycles. The van der Waals surface area contributed by atoms with Crippen molar-refractivity contribution in [2.75, 3.05) is 14.2 Å².